The van der Waals surface area contributed by atoms with E-state index in [1.807, 2.05) is 33.8 Å². The van der Waals surface area contributed by atoms with Gasteiger partial charge in [0.1, 0.15) is 34.2 Å². The molecule has 0 aliphatic carbocycles. The first kappa shape index (κ1) is 32.8. The van der Waals surface area contributed by atoms with Crippen LogP contribution in [0.1, 0.15) is 76.2 Å². The lowest BCUT2D eigenvalue weighted by Gasteiger charge is -2.37. The van der Waals surface area contributed by atoms with Crippen molar-refractivity contribution in [1.82, 2.24) is 10.2 Å². The molecular weight excluding hydrogens is 574 g/mol. The van der Waals surface area contributed by atoms with E-state index in [4.69, 9.17) is 13.6 Å². The van der Waals surface area contributed by atoms with Crippen LogP contribution >= 0.6 is 12.4 Å². The molecule has 2 saturated heterocycles. The number of aryl methyl sites for hydroxylation is 1. The molecule has 2 aliphatic rings. The van der Waals surface area contributed by atoms with Gasteiger partial charge in [-0.25, -0.2) is 13.6 Å². The number of amides is 1. The van der Waals surface area contributed by atoms with Gasteiger partial charge in [-0.2, -0.15) is 0 Å². The van der Waals surface area contributed by atoms with Crippen LogP contribution in [0.5, 0.6) is 0 Å². The van der Waals surface area contributed by atoms with Crippen LogP contribution in [0, 0.1) is 30.4 Å². The van der Waals surface area contributed by atoms with Gasteiger partial charge in [0.25, 0.3) is 0 Å². The molecule has 6 nitrogen and oxygen atoms in total. The van der Waals surface area contributed by atoms with Gasteiger partial charge in [0.2, 0.25) is 0 Å². The monoisotopic (exact) mass is 616 g/mol. The second-order valence-electron chi connectivity index (χ2n) is 13.0. The number of rotatable bonds is 2. The van der Waals surface area contributed by atoms with E-state index in [1.165, 1.54) is 6.07 Å². The number of furan rings is 2. The van der Waals surface area contributed by atoms with Gasteiger partial charge in [0, 0.05) is 35.0 Å². The fourth-order valence-corrected chi connectivity index (χ4v) is 6.47. The summed E-state index contributed by atoms with van der Waals surface area (Å²) in [6.07, 6.45) is 3.11. The number of hydrogen-bond donors (Lipinski definition) is 1. The molecule has 2 fully saturated rings. The van der Waals surface area contributed by atoms with E-state index in [0.29, 0.717) is 24.9 Å². The number of likely N-dealkylation sites (tertiary alicyclic amines) is 1. The maximum Gasteiger partial charge on any atom is 0.410 e. The summed E-state index contributed by atoms with van der Waals surface area (Å²) < 4.78 is 44.4. The third kappa shape index (κ3) is 7.52. The summed E-state index contributed by atoms with van der Waals surface area (Å²) in [6.45, 7) is 15.0. The fraction of sp³-hybridized carbons (Fsp3) is 0.500. The second-order valence-corrected chi connectivity index (χ2v) is 13.0. The van der Waals surface area contributed by atoms with Gasteiger partial charge in [0.05, 0.1) is 6.26 Å². The van der Waals surface area contributed by atoms with Crippen molar-refractivity contribution in [3.05, 3.63) is 71.2 Å². The zero-order valence-electron chi connectivity index (χ0n) is 25.8. The molecular formula is C34H43ClF2N2O4. The first-order chi connectivity index (χ1) is 19.9. The predicted molar refractivity (Wildman–Crippen MR) is 168 cm³/mol. The Kier molecular flexibility index (Phi) is 10.1. The van der Waals surface area contributed by atoms with Crippen LogP contribution in [0.25, 0.3) is 21.9 Å². The van der Waals surface area contributed by atoms with E-state index in [1.54, 1.807) is 35.4 Å². The van der Waals surface area contributed by atoms with E-state index in [-0.39, 0.29) is 42.0 Å². The molecule has 4 atom stereocenters. The maximum absolute atomic E-state index is 13.9. The summed E-state index contributed by atoms with van der Waals surface area (Å²) in [5.41, 5.74) is 3.05. The van der Waals surface area contributed by atoms with Crippen molar-refractivity contribution in [1.29, 1.82) is 0 Å². The van der Waals surface area contributed by atoms with Crippen molar-refractivity contribution < 1.29 is 27.1 Å². The van der Waals surface area contributed by atoms with E-state index in [0.717, 1.165) is 64.8 Å². The molecule has 6 rings (SSSR count). The van der Waals surface area contributed by atoms with Crippen molar-refractivity contribution in [3.8, 4) is 0 Å². The largest absolute Gasteiger partial charge is 0.464 e. The summed E-state index contributed by atoms with van der Waals surface area (Å²) >= 11 is 0. The molecule has 9 heteroatoms. The molecule has 2 aliphatic heterocycles. The first-order valence-corrected chi connectivity index (χ1v) is 14.9. The molecule has 0 saturated carbocycles. The van der Waals surface area contributed by atoms with Crippen molar-refractivity contribution >= 4 is 40.4 Å². The number of fused-ring (bicyclic) bond motifs is 2. The van der Waals surface area contributed by atoms with Crippen LogP contribution in [0.15, 0.2) is 51.5 Å². The summed E-state index contributed by atoms with van der Waals surface area (Å²) in [5.74, 6) is 1.68. The van der Waals surface area contributed by atoms with Gasteiger partial charge in [-0.15, -0.1) is 12.4 Å². The predicted octanol–water partition coefficient (Wildman–Crippen LogP) is 8.95. The topological polar surface area (TPSA) is 67.9 Å². The maximum atomic E-state index is 13.9. The lowest BCUT2D eigenvalue weighted by Crippen LogP contribution is -2.44. The average Bonchev–Trinajstić information content (AvgIpc) is 3.53. The fourth-order valence-electron chi connectivity index (χ4n) is 6.47. The van der Waals surface area contributed by atoms with Crippen molar-refractivity contribution in [2.24, 2.45) is 11.8 Å². The number of piperidine rings is 2. The standard InChI is InChI=1S/C19H24FNO3.C15H18FNO.ClH/c1-12-11-21(18(22)24-19(2,3)4)7-5-15(12)16-10-14(20)9-13-6-8-23-17(13)16;1-9-8-17-4-3-13(9)14-7-12(16)6-11-5-10(2)18-15(11)14;/h6,8-10,12,15H,5,7,11H2,1-4H3;5-7,9,13,17H,3-4,8H2,1-2H3;1H/t12-,15+;9-,13+;/m11./s1. The summed E-state index contributed by atoms with van der Waals surface area (Å²) in [4.78, 5) is 14.0. The molecule has 4 aromatic rings. The smallest absolute Gasteiger partial charge is 0.410 e. The van der Waals surface area contributed by atoms with Crippen LogP contribution in [0.2, 0.25) is 0 Å². The Labute approximate surface area is 258 Å². The number of carbonyl (C=O) groups is 1. The highest BCUT2D eigenvalue weighted by Crippen LogP contribution is 2.38. The third-order valence-corrected chi connectivity index (χ3v) is 8.42. The second kappa shape index (κ2) is 13.3. The zero-order valence-corrected chi connectivity index (χ0v) is 26.7. The number of ether oxygens (including phenoxy) is 1. The average molecular weight is 617 g/mol. The van der Waals surface area contributed by atoms with Gasteiger partial charge in [-0.05, 0) is 114 Å². The molecule has 0 spiro atoms. The number of benzene rings is 2. The summed E-state index contributed by atoms with van der Waals surface area (Å²) in [7, 11) is 0. The molecule has 0 radical (unpaired) electrons. The minimum absolute atomic E-state index is 0. The van der Waals surface area contributed by atoms with Gasteiger partial charge in [-0.3, -0.25) is 0 Å². The van der Waals surface area contributed by atoms with Crippen molar-refractivity contribution in [2.75, 3.05) is 26.2 Å². The minimum atomic E-state index is -0.500. The molecule has 4 heterocycles. The van der Waals surface area contributed by atoms with E-state index in [2.05, 4.69) is 19.2 Å². The van der Waals surface area contributed by atoms with Gasteiger partial charge in [0.15, 0.2) is 0 Å². The Balaban J connectivity index is 0.000000199. The quantitative estimate of drug-likeness (QED) is 0.243. The summed E-state index contributed by atoms with van der Waals surface area (Å²) in [5, 5.41) is 5.04. The molecule has 0 unspecified atom stereocenters. The van der Waals surface area contributed by atoms with Crippen LogP contribution in [0.4, 0.5) is 13.6 Å². The first-order valence-electron chi connectivity index (χ1n) is 14.9. The number of hydrogen-bond acceptors (Lipinski definition) is 5. The third-order valence-electron chi connectivity index (χ3n) is 8.42. The highest BCUT2D eigenvalue weighted by molar-refractivity contribution is 5.85. The highest BCUT2D eigenvalue weighted by Gasteiger charge is 2.33. The molecule has 0 bridgehead atoms. The SMILES string of the molecule is C[C@@H]1CN(C(=O)OC(C)(C)C)CC[C@@H]1c1cc(F)cc2ccoc12.Cc1cc2cc(F)cc([C@H]3CCNC[C@H]3C)c2o1.Cl. The van der Waals surface area contributed by atoms with E-state index < -0.39 is 5.60 Å². The Morgan fingerprint density at radius 2 is 1.60 bits per heavy atom. The number of carbonyl (C=O) groups excluding carboxylic acids is 1. The van der Waals surface area contributed by atoms with Crippen molar-refractivity contribution in [2.45, 2.75) is 71.8 Å². The molecule has 1 N–H and O–H groups in total. The summed E-state index contributed by atoms with van der Waals surface area (Å²) in [6, 6.07) is 9.95. The van der Waals surface area contributed by atoms with E-state index >= 15 is 0 Å². The Morgan fingerprint density at radius 3 is 2.26 bits per heavy atom. The van der Waals surface area contributed by atoms with Crippen molar-refractivity contribution in [3.63, 3.8) is 0 Å². The van der Waals surface area contributed by atoms with Crippen LogP contribution in [0.3, 0.4) is 0 Å². The zero-order chi connectivity index (χ0) is 30.2. The number of halogens is 3. The Hall–Kier alpha value is -3.10. The highest BCUT2D eigenvalue weighted by atomic mass is 35.5. The van der Waals surface area contributed by atoms with Crippen LogP contribution < -0.4 is 5.32 Å². The Morgan fingerprint density at radius 1 is 0.953 bits per heavy atom. The molecule has 234 valence electrons. The minimum Gasteiger partial charge on any atom is -0.464 e. The van der Waals surface area contributed by atoms with Gasteiger partial charge >= 0.3 is 6.09 Å². The Bertz CT molecular complexity index is 1560. The van der Waals surface area contributed by atoms with E-state index in [9.17, 15) is 13.6 Å². The van der Waals surface area contributed by atoms with Crippen LogP contribution in [-0.4, -0.2) is 42.8 Å². The van der Waals surface area contributed by atoms with Gasteiger partial charge in [-0.1, -0.05) is 13.8 Å². The molecule has 2 aromatic carbocycles. The number of nitrogens with one attached hydrogen (secondary N) is 1. The lowest BCUT2D eigenvalue weighted by atomic mass is 9.81. The molecule has 1 amide bonds. The normalized spacial score (nSPS) is 22.6. The number of nitrogens with zero attached hydrogens (tertiary/aromatic N) is 1. The van der Waals surface area contributed by atoms with Crippen LogP contribution in [-0.2, 0) is 4.74 Å². The molecule has 43 heavy (non-hydrogen) atoms. The lowest BCUT2D eigenvalue weighted by molar-refractivity contribution is 0.0155. The molecule has 2 aromatic heterocycles. The van der Waals surface area contributed by atoms with Gasteiger partial charge < -0.3 is 23.8 Å².